The average molecular weight is 426 g/mol. The van der Waals surface area contributed by atoms with Gasteiger partial charge >= 0.3 is 0 Å². The van der Waals surface area contributed by atoms with Crippen LogP contribution in [0.3, 0.4) is 0 Å². The molecule has 1 aliphatic heterocycles. The summed E-state index contributed by atoms with van der Waals surface area (Å²) in [5.74, 6) is 1.69. The second-order valence-corrected chi connectivity index (χ2v) is 8.22. The van der Waals surface area contributed by atoms with Gasteiger partial charge in [0.2, 0.25) is 0 Å². The molecule has 5 rings (SSSR count). The minimum absolute atomic E-state index is 0.120. The quantitative estimate of drug-likeness (QED) is 0.398. The van der Waals surface area contributed by atoms with Crippen molar-refractivity contribution in [2.24, 2.45) is 0 Å². The van der Waals surface area contributed by atoms with Crippen LogP contribution in [0.4, 0.5) is 5.69 Å². The van der Waals surface area contributed by atoms with Gasteiger partial charge in [-0.3, -0.25) is 4.98 Å². The molecule has 5 heteroatoms. The molecule has 3 heterocycles. The van der Waals surface area contributed by atoms with E-state index in [1.807, 2.05) is 54.7 Å². The van der Waals surface area contributed by atoms with Crippen LogP contribution in [-0.2, 0) is 0 Å². The molecule has 0 spiro atoms. The Morgan fingerprint density at radius 3 is 2.45 bits per heavy atom. The van der Waals surface area contributed by atoms with E-state index in [4.69, 9.17) is 16.6 Å². The van der Waals surface area contributed by atoms with Gasteiger partial charge < -0.3 is 14.6 Å². The number of rotatable bonds is 4. The Balaban J connectivity index is 1.61. The van der Waals surface area contributed by atoms with E-state index in [2.05, 4.69) is 59.4 Å². The lowest BCUT2D eigenvalue weighted by Crippen LogP contribution is -2.29. The number of hydrogen-bond acceptors (Lipinski definition) is 3. The topological polar surface area (TPSA) is 41.3 Å². The fourth-order valence-corrected chi connectivity index (χ4v) is 4.41. The van der Waals surface area contributed by atoms with Gasteiger partial charge in [-0.25, -0.2) is 0 Å². The van der Waals surface area contributed by atoms with Gasteiger partial charge in [0.05, 0.1) is 11.7 Å². The molecule has 1 aliphatic rings. The molecule has 0 saturated carbocycles. The van der Waals surface area contributed by atoms with E-state index in [1.54, 1.807) is 0 Å². The summed E-state index contributed by atoms with van der Waals surface area (Å²) in [6.07, 6.45) is 1.81. The van der Waals surface area contributed by atoms with Crippen LogP contribution >= 0.6 is 12.2 Å². The van der Waals surface area contributed by atoms with Gasteiger partial charge in [-0.2, -0.15) is 0 Å². The number of thiocarbonyl (C=S) groups is 1. The molecule has 1 N–H and O–H groups in total. The van der Waals surface area contributed by atoms with E-state index in [0.29, 0.717) is 5.11 Å². The van der Waals surface area contributed by atoms with Crippen molar-refractivity contribution >= 4 is 23.0 Å². The van der Waals surface area contributed by atoms with Crippen LogP contribution in [0.25, 0.3) is 11.3 Å². The number of nitrogens with one attached hydrogen (secondary N) is 1. The molecule has 4 nitrogen and oxygen atoms in total. The summed E-state index contributed by atoms with van der Waals surface area (Å²) in [4.78, 5) is 6.75. The highest BCUT2D eigenvalue weighted by atomic mass is 32.1. The van der Waals surface area contributed by atoms with Crippen LogP contribution in [0.1, 0.15) is 34.7 Å². The summed E-state index contributed by atoms with van der Waals surface area (Å²) >= 11 is 5.80. The van der Waals surface area contributed by atoms with E-state index < -0.39 is 0 Å². The zero-order valence-corrected chi connectivity index (χ0v) is 18.3. The summed E-state index contributed by atoms with van der Waals surface area (Å²) in [7, 11) is 0. The lowest BCUT2D eigenvalue weighted by Gasteiger charge is -2.26. The molecular formula is C26H23N3OS. The van der Waals surface area contributed by atoms with Crippen LogP contribution in [0.5, 0.6) is 0 Å². The van der Waals surface area contributed by atoms with Crippen molar-refractivity contribution in [3.8, 4) is 11.3 Å². The van der Waals surface area contributed by atoms with Crippen molar-refractivity contribution in [1.82, 2.24) is 10.3 Å². The number of pyridine rings is 1. The van der Waals surface area contributed by atoms with Crippen LogP contribution in [-0.4, -0.2) is 10.1 Å². The SMILES string of the molecule is Cc1ccc(N2C(=S)NC(c3ccccn3)C2c2ccc(-c3ccccc3)o2)cc1C. The normalized spacial score (nSPS) is 18.3. The van der Waals surface area contributed by atoms with E-state index in [-0.39, 0.29) is 12.1 Å². The van der Waals surface area contributed by atoms with Gasteiger partial charge in [0.25, 0.3) is 0 Å². The highest BCUT2D eigenvalue weighted by Gasteiger charge is 2.42. The fraction of sp³-hybridized carbons (Fsp3) is 0.154. The molecule has 154 valence electrons. The van der Waals surface area contributed by atoms with Crippen molar-refractivity contribution < 1.29 is 4.42 Å². The largest absolute Gasteiger partial charge is 0.459 e. The standard InChI is InChI=1S/C26H23N3OS/c1-17-11-12-20(16-18(17)2)29-25(24(28-26(29)31)21-10-6-7-15-27-21)23-14-13-22(30-23)19-8-4-3-5-9-19/h3-16,24-25H,1-2H3,(H,28,31). The molecule has 0 amide bonds. The zero-order valence-electron chi connectivity index (χ0n) is 17.4. The Hall–Kier alpha value is -3.44. The summed E-state index contributed by atoms with van der Waals surface area (Å²) in [6.45, 7) is 4.24. The maximum Gasteiger partial charge on any atom is 0.174 e. The smallest absolute Gasteiger partial charge is 0.174 e. The van der Waals surface area contributed by atoms with Gasteiger partial charge in [0.15, 0.2) is 5.11 Å². The van der Waals surface area contributed by atoms with Gasteiger partial charge in [-0.15, -0.1) is 0 Å². The summed E-state index contributed by atoms with van der Waals surface area (Å²) in [5.41, 5.74) is 5.50. The third-order valence-corrected chi connectivity index (χ3v) is 6.16. The Morgan fingerprint density at radius 2 is 1.71 bits per heavy atom. The van der Waals surface area contributed by atoms with Gasteiger partial charge in [0, 0.05) is 17.4 Å². The highest BCUT2D eigenvalue weighted by Crippen LogP contribution is 2.43. The second kappa shape index (κ2) is 8.00. The van der Waals surface area contributed by atoms with Crippen LogP contribution in [0.15, 0.2) is 89.5 Å². The number of aryl methyl sites for hydroxylation is 2. The van der Waals surface area contributed by atoms with Crippen LogP contribution < -0.4 is 10.2 Å². The predicted molar refractivity (Wildman–Crippen MR) is 128 cm³/mol. The van der Waals surface area contributed by atoms with E-state index in [1.165, 1.54) is 11.1 Å². The van der Waals surface area contributed by atoms with Crippen LogP contribution in [0, 0.1) is 13.8 Å². The van der Waals surface area contributed by atoms with Gasteiger partial charge in [0.1, 0.15) is 17.6 Å². The van der Waals surface area contributed by atoms with Crippen molar-refractivity contribution in [1.29, 1.82) is 0 Å². The molecule has 0 aliphatic carbocycles. The van der Waals surface area contributed by atoms with Crippen LogP contribution in [0.2, 0.25) is 0 Å². The molecule has 1 saturated heterocycles. The van der Waals surface area contributed by atoms with Crippen molar-refractivity contribution in [3.05, 3.63) is 108 Å². The Bertz CT molecular complexity index is 1220. The summed E-state index contributed by atoms with van der Waals surface area (Å²) in [5, 5.41) is 4.15. The third kappa shape index (κ3) is 3.62. The molecule has 2 aromatic carbocycles. The molecule has 31 heavy (non-hydrogen) atoms. The van der Waals surface area contributed by atoms with Crippen molar-refractivity contribution in [2.45, 2.75) is 25.9 Å². The Morgan fingerprint density at radius 1 is 0.903 bits per heavy atom. The number of benzene rings is 2. The minimum Gasteiger partial charge on any atom is -0.459 e. The Labute approximate surface area is 187 Å². The minimum atomic E-state index is -0.151. The number of furan rings is 1. The second-order valence-electron chi connectivity index (χ2n) is 7.83. The average Bonchev–Trinajstić information content (AvgIpc) is 3.41. The van der Waals surface area contributed by atoms with E-state index in [9.17, 15) is 0 Å². The molecule has 0 radical (unpaired) electrons. The third-order valence-electron chi connectivity index (χ3n) is 5.84. The first-order valence-corrected chi connectivity index (χ1v) is 10.8. The Kier molecular flexibility index (Phi) is 5.04. The summed E-state index contributed by atoms with van der Waals surface area (Å²) in [6, 6.07) is 26.3. The lowest BCUT2D eigenvalue weighted by atomic mass is 10.0. The van der Waals surface area contributed by atoms with E-state index >= 15 is 0 Å². The highest BCUT2D eigenvalue weighted by molar-refractivity contribution is 7.80. The van der Waals surface area contributed by atoms with Gasteiger partial charge in [-0.1, -0.05) is 42.5 Å². The monoisotopic (exact) mass is 425 g/mol. The maximum atomic E-state index is 6.39. The first-order chi connectivity index (χ1) is 15.1. The molecule has 1 fully saturated rings. The van der Waals surface area contributed by atoms with E-state index in [0.717, 1.165) is 28.5 Å². The number of anilines is 1. The first-order valence-electron chi connectivity index (χ1n) is 10.3. The maximum absolute atomic E-state index is 6.39. The van der Waals surface area contributed by atoms with Crippen molar-refractivity contribution in [3.63, 3.8) is 0 Å². The lowest BCUT2D eigenvalue weighted by molar-refractivity contribution is 0.439. The molecule has 4 aromatic rings. The molecular weight excluding hydrogens is 402 g/mol. The molecule has 2 unspecified atom stereocenters. The number of hydrogen-bond donors (Lipinski definition) is 1. The number of nitrogens with zero attached hydrogens (tertiary/aromatic N) is 2. The zero-order chi connectivity index (χ0) is 21.4. The van der Waals surface area contributed by atoms with Crippen molar-refractivity contribution in [2.75, 3.05) is 4.90 Å². The molecule has 2 aromatic heterocycles. The summed E-state index contributed by atoms with van der Waals surface area (Å²) < 4.78 is 6.39. The first kappa shape index (κ1) is 19.5. The number of aromatic nitrogens is 1. The van der Waals surface area contributed by atoms with Gasteiger partial charge in [-0.05, 0) is 73.6 Å². The molecule has 0 bridgehead atoms. The predicted octanol–water partition coefficient (Wildman–Crippen LogP) is 6.14. The molecule has 2 atom stereocenters. The fourth-order valence-electron chi connectivity index (χ4n) is 4.07.